The number of nitrogen functional groups attached to an aromatic ring is 1. The zero-order valence-corrected chi connectivity index (χ0v) is 30.1. The molecule has 6 aromatic heterocycles. The Labute approximate surface area is 306 Å². The molecule has 8 rings (SSSR count). The van der Waals surface area contributed by atoms with Gasteiger partial charge in [-0.2, -0.15) is 15.2 Å². The summed E-state index contributed by atoms with van der Waals surface area (Å²) in [6, 6.07) is 22.3. The number of allylic oxidation sites excluding steroid dienone is 1. The molecule has 16 heteroatoms. The Balaban J connectivity index is 0.823. The molecule has 0 spiro atoms. The summed E-state index contributed by atoms with van der Waals surface area (Å²) in [5, 5.41) is 14.5. The fraction of sp³-hybridized carbons (Fsp3) is 0.143. The van der Waals surface area contributed by atoms with Crippen LogP contribution in [0.15, 0.2) is 67.0 Å². The molecule has 0 aliphatic rings. The van der Waals surface area contributed by atoms with Gasteiger partial charge in [0.15, 0.2) is 11.2 Å². The Morgan fingerprint density at radius 1 is 1.00 bits per heavy atom. The maximum Gasteiger partial charge on any atom is 0.407 e. The van der Waals surface area contributed by atoms with E-state index >= 15 is 0 Å². The minimum atomic E-state index is -0.476. The molecule has 0 fully saturated rings. The van der Waals surface area contributed by atoms with E-state index in [1.165, 1.54) is 36.5 Å². The highest BCUT2D eigenvalue weighted by atomic mass is 32.1. The number of imidazole rings is 1. The lowest BCUT2D eigenvalue weighted by atomic mass is 10.1. The molecule has 0 aliphatic carbocycles. The molecule has 0 aliphatic heterocycles. The Bertz CT molecular complexity index is 2580. The number of alkyl carbamates (subject to hydrolysis) is 1. The summed E-state index contributed by atoms with van der Waals surface area (Å²) in [5.41, 5.74) is 10.1. The molecule has 0 radical (unpaired) electrons. The van der Waals surface area contributed by atoms with Crippen molar-refractivity contribution in [2.24, 2.45) is 0 Å². The van der Waals surface area contributed by atoms with Gasteiger partial charge in [0.05, 0.1) is 43.1 Å². The number of ether oxygens (including phenoxy) is 2. The van der Waals surface area contributed by atoms with Crippen LogP contribution in [-0.2, 0) is 17.9 Å². The van der Waals surface area contributed by atoms with Crippen LogP contribution in [0.4, 0.5) is 15.7 Å². The number of H-pyrrole nitrogens is 1. The first-order valence-electron chi connectivity index (χ1n) is 15.6. The molecule has 0 atom stereocenters. The number of para-hydroxylation sites is 1. The van der Waals surface area contributed by atoms with Crippen molar-refractivity contribution in [3.05, 3.63) is 88.0 Å². The maximum absolute atomic E-state index is 12.4. The second-order valence-electron chi connectivity index (χ2n) is 11.4. The number of likely N-dealkylation sites (N-methyl/N-ethyl adjacent to an activating group) is 1. The molecule has 254 valence electrons. The van der Waals surface area contributed by atoms with E-state index in [0.29, 0.717) is 35.7 Å². The molecule has 0 unspecified atom stereocenters. The summed E-state index contributed by atoms with van der Waals surface area (Å²) in [6.07, 6.45) is 2.97. The number of thiophene rings is 3. The maximum atomic E-state index is 12.4. The summed E-state index contributed by atoms with van der Waals surface area (Å²) in [6.45, 7) is 1.40. The van der Waals surface area contributed by atoms with Gasteiger partial charge >= 0.3 is 6.09 Å². The van der Waals surface area contributed by atoms with Gasteiger partial charge in [-0.05, 0) is 41.5 Å². The number of fused-ring (bicyclic) bond motifs is 5. The Morgan fingerprint density at radius 2 is 1.80 bits per heavy atom. The zero-order chi connectivity index (χ0) is 34.9. The SMILES string of the molecule is CN(CCOC(=O)NCc1ccc(COc2nc(N)nc3[nH]cnc23)cc1)c1cc2sc3cc(/C=C(\C#N)c4nc5ccccc5s4)sc3c2s1. The second kappa shape index (κ2) is 14.0. The largest absolute Gasteiger partial charge is 0.471 e. The summed E-state index contributed by atoms with van der Waals surface area (Å²) in [4.78, 5) is 35.5. The van der Waals surface area contributed by atoms with E-state index in [4.69, 9.17) is 15.2 Å². The van der Waals surface area contributed by atoms with Gasteiger partial charge in [-0.25, -0.2) is 14.8 Å². The molecule has 0 bridgehead atoms. The molecule has 51 heavy (non-hydrogen) atoms. The Morgan fingerprint density at radius 3 is 2.65 bits per heavy atom. The van der Waals surface area contributed by atoms with E-state index in [1.54, 1.807) is 34.0 Å². The van der Waals surface area contributed by atoms with E-state index in [0.717, 1.165) is 36.2 Å². The number of nitrogens with one attached hydrogen (secondary N) is 2. The van der Waals surface area contributed by atoms with Gasteiger partial charge in [0.1, 0.15) is 24.3 Å². The van der Waals surface area contributed by atoms with Gasteiger partial charge in [-0.15, -0.1) is 45.3 Å². The number of anilines is 2. The van der Waals surface area contributed by atoms with Crippen LogP contribution in [0.5, 0.6) is 5.88 Å². The number of amides is 1. The number of hydrogen-bond donors (Lipinski definition) is 3. The highest BCUT2D eigenvalue weighted by molar-refractivity contribution is 7.39. The lowest BCUT2D eigenvalue weighted by molar-refractivity contribution is 0.148. The number of rotatable bonds is 11. The number of carbonyl (C=O) groups excluding carboxylic acids is 1. The molecule has 6 heterocycles. The lowest BCUT2D eigenvalue weighted by Gasteiger charge is -2.16. The number of nitriles is 1. The van der Waals surface area contributed by atoms with Gasteiger partial charge < -0.3 is 30.4 Å². The van der Waals surface area contributed by atoms with Crippen LogP contribution in [0.2, 0.25) is 0 Å². The molecular weight excluding hydrogens is 723 g/mol. The number of nitrogens with zero attached hydrogens (tertiary/aromatic N) is 6. The predicted molar refractivity (Wildman–Crippen MR) is 207 cm³/mol. The molecule has 12 nitrogen and oxygen atoms in total. The van der Waals surface area contributed by atoms with Gasteiger partial charge in [-0.1, -0.05) is 36.4 Å². The second-order valence-corrected chi connectivity index (χ2v) is 15.6. The summed E-state index contributed by atoms with van der Waals surface area (Å²) in [5.74, 6) is 0.414. The first-order chi connectivity index (χ1) is 24.9. The molecule has 0 saturated heterocycles. The number of aromatic nitrogens is 5. The summed E-state index contributed by atoms with van der Waals surface area (Å²) >= 11 is 6.69. The quantitative estimate of drug-likeness (QED) is 0.110. The van der Waals surface area contributed by atoms with Crippen LogP contribution in [0.25, 0.3) is 51.8 Å². The van der Waals surface area contributed by atoms with Crippen LogP contribution in [0.1, 0.15) is 21.0 Å². The smallest absolute Gasteiger partial charge is 0.407 e. The first-order valence-corrected chi connectivity index (χ1v) is 18.9. The molecule has 8 aromatic rings. The number of thiazole rings is 1. The zero-order valence-electron chi connectivity index (χ0n) is 26.9. The Kier molecular flexibility index (Phi) is 8.92. The first kappa shape index (κ1) is 32.6. The third kappa shape index (κ3) is 6.92. The van der Waals surface area contributed by atoms with Crippen molar-refractivity contribution in [3.8, 4) is 11.9 Å². The average Bonchev–Trinajstić information content (AvgIpc) is 3.96. The summed E-state index contributed by atoms with van der Waals surface area (Å²) in [7, 11) is 2.00. The van der Waals surface area contributed by atoms with E-state index in [2.05, 4.69) is 53.3 Å². The number of nitrogens with two attached hydrogens (primary N) is 1. The van der Waals surface area contributed by atoms with Crippen molar-refractivity contribution < 1.29 is 14.3 Å². The summed E-state index contributed by atoms with van der Waals surface area (Å²) < 4.78 is 17.2. The third-order valence-corrected chi connectivity index (χ3v) is 12.8. The van der Waals surface area contributed by atoms with Crippen LogP contribution >= 0.6 is 45.3 Å². The number of hydrogen-bond acceptors (Lipinski definition) is 14. The third-order valence-electron chi connectivity index (χ3n) is 7.90. The molecule has 4 N–H and O–H groups in total. The van der Waals surface area contributed by atoms with E-state index in [-0.39, 0.29) is 19.2 Å². The minimum Gasteiger partial charge on any atom is -0.471 e. The van der Waals surface area contributed by atoms with E-state index in [1.807, 2.05) is 61.7 Å². The molecular formula is C35H27N9O3S4. The van der Waals surface area contributed by atoms with Crippen molar-refractivity contribution in [3.63, 3.8) is 0 Å². The van der Waals surface area contributed by atoms with Crippen molar-refractivity contribution in [2.45, 2.75) is 13.2 Å². The van der Waals surface area contributed by atoms with E-state index in [9.17, 15) is 10.1 Å². The highest BCUT2D eigenvalue weighted by Gasteiger charge is 2.17. The standard InChI is InChI=1S/C35H27N9O3S4/c1-44(10-11-46-35(45)38-16-19-6-8-20(9-7-19)17-47-32-28-31(40-18-39-28)42-34(37)43-32)27-14-26-30(51-27)29-25(49-26)13-22(48-29)12-21(15-36)33-41-23-4-2-3-5-24(23)50-33/h2-9,12-14,18H,10-11,16-17H2,1H3,(H,38,45)(H3,37,39,40,42,43)/b21-12+. The van der Waals surface area contributed by atoms with Gasteiger partial charge in [-0.3, -0.25) is 0 Å². The van der Waals surface area contributed by atoms with Crippen molar-refractivity contribution in [1.82, 2.24) is 30.2 Å². The van der Waals surface area contributed by atoms with Gasteiger partial charge in [0.2, 0.25) is 11.8 Å². The van der Waals surface area contributed by atoms with Crippen LogP contribution < -0.4 is 20.7 Å². The van der Waals surface area contributed by atoms with Crippen LogP contribution in [0, 0.1) is 11.3 Å². The molecule has 0 saturated carbocycles. The fourth-order valence-corrected chi connectivity index (χ4v) is 10.2. The van der Waals surface area contributed by atoms with Crippen molar-refractivity contribution in [2.75, 3.05) is 30.8 Å². The molecule has 1 amide bonds. The monoisotopic (exact) mass is 749 g/mol. The van der Waals surface area contributed by atoms with Gasteiger partial charge in [0, 0.05) is 27.9 Å². The number of aromatic amines is 1. The van der Waals surface area contributed by atoms with Crippen molar-refractivity contribution >= 4 is 114 Å². The minimum absolute atomic E-state index is 0.102. The van der Waals surface area contributed by atoms with Crippen LogP contribution in [-0.4, -0.2) is 51.2 Å². The topological polar surface area (TPSA) is 168 Å². The number of carbonyl (C=O) groups is 1. The van der Waals surface area contributed by atoms with Gasteiger partial charge in [0.25, 0.3) is 0 Å². The normalized spacial score (nSPS) is 11.8. The van der Waals surface area contributed by atoms with Crippen LogP contribution in [0.3, 0.4) is 0 Å². The van der Waals surface area contributed by atoms with E-state index < -0.39 is 6.09 Å². The predicted octanol–water partition coefficient (Wildman–Crippen LogP) is 8.04. The molecule has 2 aromatic carbocycles. The highest BCUT2D eigenvalue weighted by Crippen LogP contribution is 2.46. The fourth-order valence-electron chi connectivity index (χ4n) is 5.31. The number of benzene rings is 2. The van der Waals surface area contributed by atoms with Crippen molar-refractivity contribution in [1.29, 1.82) is 5.26 Å². The lowest BCUT2D eigenvalue weighted by Crippen LogP contribution is -2.28. The Hall–Kier alpha value is -5.60. The average molecular weight is 750 g/mol.